The molecule has 0 amide bonds. The average molecular weight is 243 g/mol. The van der Waals surface area contributed by atoms with Gasteiger partial charge in [-0.3, -0.25) is 0 Å². The summed E-state index contributed by atoms with van der Waals surface area (Å²) in [5, 5.41) is 12.9. The Morgan fingerprint density at radius 2 is 2.11 bits per heavy atom. The molecule has 0 aliphatic heterocycles. The van der Waals surface area contributed by atoms with Gasteiger partial charge in [-0.2, -0.15) is 0 Å². The zero-order valence-corrected chi connectivity index (χ0v) is 10.7. The third-order valence-corrected chi connectivity index (χ3v) is 4.19. The van der Waals surface area contributed by atoms with Gasteiger partial charge in [0.15, 0.2) is 0 Å². The molecule has 0 radical (unpaired) electrons. The van der Waals surface area contributed by atoms with Gasteiger partial charge in [-0.25, -0.2) is 0 Å². The van der Waals surface area contributed by atoms with Gasteiger partial charge in [0.2, 0.25) is 0 Å². The molecule has 0 saturated heterocycles. The van der Waals surface area contributed by atoms with Gasteiger partial charge < -0.3 is 10.4 Å². The minimum atomic E-state index is 0.274. The minimum Gasteiger partial charge on any atom is -0.396 e. The molecule has 1 aromatic carbocycles. The highest BCUT2D eigenvalue weighted by molar-refractivity contribution is 5.32. The molecule has 3 rings (SSSR count). The van der Waals surface area contributed by atoms with Gasteiger partial charge >= 0.3 is 0 Å². The summed E-state index contributed by atoms with van der Waals surface area (Å²) < 4.78 is 0. The second-order valence-corrected chi connectivity index (χ2v) is 5.48. The van der Waals surface area contributed by atoms with Crippen molar-refractivity contribution in [2.45, 2.75) is 37.8 Å². The lowest BCUT2D eigenvalue weighted by Crippen LogP contribution is -2.33. The number of nitrogens with one attached hydrogen (secondary N) is 1. The van der Waals surface area contributed by atoms with Gasteiger partial charge in [0.05, 0.1) is 0 Å². The summed E-state index contributed by atoms with van der Waals surface area (Å²) in [7, 11) is 0. The summed E-state index contributed by atoms with van der Waals surface area (Å²) in [5.74, 6) is 0.348. The Labute approximate surface area is 109 Å². The van der Waals surface area contributed by atoms with E-state index in [4.69, 9.17) is 5.11 Å². The number of benzene rings is 1. The van der Waals surface area contributed by atoms with E-state index in [1.54, 1.807) is 0 Å². The van der Waals surface area contributed by atoms with E-state index in [9.17, 15) is 0 Å². The third-order valence-electron chi connectivity index (χ3n) is 4.19. The van der Waals surface area contributed by atoms with E-state index in [1.807, 2.05) is 0 Å². The highest BCUT2D eigenvalue weighted by Gasteiger charge is 2.24. The maximum atomic E-state index is 9.17. The Morgan fingerprint density at radius 1 is 1.22 bits per heavy atom. The van der Waals surface area contributed by atoms with Crippen LogP contribution in [0.15, 0.2) is 36.4 Å². The van der Waals surface area contributed by atoms with Crippen molar-refractivity contribution < 1.29 is 5.11 Å². The van der Waals surface area contributed by atoms with Crippen LogP contribution in [-0.2, 0) is 6.42 Å². The van der Waals surface area contributed by atoms with Crippen LogP contribution in [-0.4, -0.2) is 17.8 Å². The van der Waals surface area contributed by atoms with Crippen molar-refractivity contribution >= 4 is 0 Å². The summed E-state index contributed by atoms with van der Waals surface area (Å²) >= 11 is 0. The number of aliphatic hydroxyl groups excluding tert-OH is 1. The van der Waals surface area contributed by atoms with E-state index in [0.29, 0.717) is 18.0 Å². The molecular formula is C16H21NO. The lowest BCUT2D eigenvalue weighted by molar-refractivity contribution is 0.244. The molecule has 0 saturated carbocycles. The van der Waals surface area contributed by atoms with Gasteiger partial charge in [0, 0.05) is 24.6 Å². The maximum Gasteiger partial charge on any atom is 0.0494 e. The van der Waals surface area contributed by atoms with Crippen molar-refractivity contribution in [3.8, 4) is 0 Å². The van der Waals surface area contributed by atoms with Gasteiger partial charge in [-0.15, -0.1) is 0 Å². The first-order valence-corrected chi connectivity index (χ1v) is 7.00. The molecule has 96 valence electrons. The smallest absolute Gasteiger partial charge is 0.0494 e. The molecule has 1 unspecified atom stereocenters. The standard InChI is InChI=1S/C16H21NO/c18-11-12-8-9-14(10-12)17-16-7-3-5-13-4-1-2-6-15(13)16/h1-2,4,6,8-9,12,14,16-18H,3,5,7,10-11H2/t12-,14+,16?/m0/s1. The van der Waals surface area contributed by atoms with Crippen molar-refractivity contribution in [2.24, 2.45) is 5.92 Å². The quantitative estimate of drug-likeness (QED) is 0.800. The number of aliphatic hydroxyl groups is 1. The molecule has 2 aliphatic rings. The molecule has 0 fully saturated rings. The minimum absolute atomic E-state index is 0.274. The van der Waals surface area contributed by atoms with Crippen LogP contribution in [0.2, 0.25) is 0 Å². The number of hydrogen-bond donors (Lipinski definition) is 2. The second-order valence-electron chi connectivity index (χ2n) is 5.48. The normalized spacial score (nSPS) is 30.4. The molecule has 0 aromatic heterocycles. The summed E-state index contributed by atoms with van der Waals surface area (Å²) in [6.45, 7) is 0.274. The molecule has 0 bridgehead atoms. The lowest BCUT2D eigenvalue weighted by Gasteiger charge is -2.29. The van der Waals surface area contributed by atoms with Gasteiger partial charge in [-0.05, 0) is 36.8 Å². The fourth-order valence-corrected chi connectivity index (χ4v) is 3.22. The number of hydrogen-bond acceptors (Lipinski definition) is 2. The fraction of sp³-hybridized carbons (Fsp3) is 0.500. The first kappa shape index (κ1) is 11.9. The SMILES string of the molecule is OC[C@H]1C=C[C@@H](NC2CCCc3ccccc32)C1. The Hall–Kier alpha value is -1.12. The van der Waals surface area contributed by atoms with E-state index >= 15 is 0 Å². The van der Waals surface area contributed by atoms with E-state index < -0.39 is 0 Å². The zero-order valence-electron chi connectivity index (χ0n) is 10.7. The van der Waals surface area contributed by atoms with Crippen LogP contribution < -0.4 is 5.32 Å². The molecule has 2 aliphatic carbocycles. The molecule has 1 aromatic rings. The van der Waals surface area contributed by atoms with Crippen LogP contribution in [0.3, 0.4) is 0 Å². The first-order valence-electron chi connectivity index (χ1n) is 7.00. The molecule has 18 heavy (non-hydrogen) atoms. The largest absolute Gasteiger partial charge is 0.396 e. The number of rotatable bonds is 3. The van der Waals surface area contributed by atoms with E-state index in [1.165, 1.54) is 30.4 Å². The van der Waals surface area contributed by atoms with E-state index in [0.717, 1.165) is 6.42 Å². The Balaban J connectivity index is 1.70. The molecule has 2 N–H and O–H groups in total. The zero-order chi connectivity index (χ0) is 12.4. The molecule has 3 atom stereocenters. The fourth-order valence-electron chi connectivity index (χ4n) is 3.22. The molecular weight excluding hydrogens is 222 g/mol. The summed E-state index contributed by atoms with van der Waals surface area (Å²) in [6.07, 6.45) is 9.12. The average Bonchev–Trinajstić information content (AvgIpc) is 2.87. The van der Waals surface area contributed by atoms with Crippen LogP contribution in [0, 0.1) is 5.92 Å². The van der Waals surface area contributed by atoms with Crippen molar-refractivity contribution in [1.82, 2.24) is 5.32 Å². The van der Waals surface area contributed by atoms with Crippen LogP contribution in [0.4, 0.5) is 0 Å². The summed E-state index contributed by atoms with van der Waals surface area (Å²) in [5.41, 5.74) is 2.98. The molecule has 0 spiro atoms. The van der Waals surface area contributed by atoms with Crippen LogP contribution in [0.25, 0.3) is 0 Å². The maximum absolute atomic E-state index is 9.17. The number of aryl methyl sites for hydroxylation is 1. The van der Waals surface area contributed by atoms with Crippen molar-refractivity contribution in [1.29, 1.82) is 0 Å². The third kappa shape index (κ3) is 2.36. The van der Waals surface area contributed by atoms with E-state index in [-0.39, 0.29) is 6.61 Å². The Bertz CT molecular complexity index is 440. The molecule has 2 heteroatoms. The predicted molar refractivity (Wildman–Crippen MR) is 73.4 cm³/mol. The van der Waals surface area contributed by atoms with Crippen molar-refractivity contribution in [2.75, 3.05) is 6.61 Å². The second kappa shape index (κ2) is 5.25. The number of fused-ring (bicyclic) bond motifs is 1. The topological polar surface area (TPSA) is 32.3 Å². The summed E-state index contributed by atoms with van der Waals surface area (Å²) in [6, 6.07) is 9.71. The van der Waals surface area contributed by atoms with Crippen LogP contribution in [0.1, 0.15) is 36.4 Å². The van der Waals surface area contributed by atoms with Crippen LogP contribution in [0.5, 0.6) is 0 Å². The van der Waals surface area contributed by atoms with Gasteiger partial charge in [0.25, 0.3) is 0 Å². The summed E-state index contributed by atoms with van der Waals surface area (Å²) in [4.78, 5) is 0. The monoisotopic (exact) mass is 243 g/mol. The van der Waals surface area contributed by atoms with Gasteiger partial charge in [-0.1, -0.05) is 36.4 Å². The molecule has 2 nitrogen and oxygen atoms in total. The predicted octanol–water partition coefficient (Wildman–Crippen LogP) is 2.59. The van der Waals surface area contributed by atoms with E-state index in [2.05, 4.69) is 41.7 Å². The Kier molecular flexibility index (Phi) is 3.48. The van der Waals surface area contributed by atoms with Crippen molar-refractivity contribution in [3.05, 3.63) is 47.5 Å². The first-order chi connectivity index (χ1) is 8.86. The Morgan fingerprint density at radius 3 is 2.94 bits per heavy atom. The van der Waals surface area contributed by atoms with Crippen molar-refractivity contribution in [3.63, 3.8) is 0 Å². The lowest BCUT2D eigenvalue weighted by atomic mass is 9.87. The highest BCUT2D eigenvalue weighted by Crippen LogP contribution is 2.31. The highest BCUT2D eigenvalue weighted by atomic mass is 16.3. The van der Waals surface area contributed by atoms with Crippen LogP contribution >= 0.6 is 0 Å². The van der Waals surface area contributed by atoms with Gasteiger partial charge in [0.1, 0.15) is 0 Å². The molecule has 0 heterocycles.